The van der Waals surface area contributed by atoms with Crippen molar-refractivity contribution in [2.24, 2.45) is 0 Å². The molecule has 138 valence electrons. The molecule has 0 radical (unpaired) electrons. The number of ketones is 2. The van der Waals surface area contributed by atoms with E-state index in [1.54, 1.807) is 24.3 Å². The van der Waals surface area contributed by atoms with E-state index in [0.29, 0.717) is 11.1 Å². The molecule has 2 aromatic carbocycles. The van der Waals surface area contributed by atoms with E-state index in [0.717, 1.165) is 24.0 Å². The van der Waals surface area contributed by atoms with Crippen molar-refractivity contribution in [3.8, 4) is 0 Å². The largest absolute Gasteiger partial charge is 0.382 e. The Morgan fingerprint density at radius 2 is 0.923 bits per heavy atom. The van der Waals surface area contributed by atoms with Gasteiger partial charge >= 0.3 is 0 Å². The van der Waals surface area contributed by atoms with Crippen molar-refractivity contribution in [1.82, 2.24) is 0 Å². The lowest BCUT2D eigenvalue weighted by atomic mass is 9.94. The average molecular weight is 354 g/mol. The monoisotopic (exact) mass is 354 g/mol. The van der Waals surface area contributed by atoms with E-state index in [9.17, 15) is 19.8 Å². The van der Waals surface area contributed by atoms with Crippen LogP contribution < -0.4 is 0 Å². The number of benzene rings is 2. The lowest BCUT2D eigenvalue weighted by Crippen LogP contribution is -2.31. The van der Waals surface area contributed by atoms with Gasteiger partial charge in [0.2, 0.25) is 0 Å². The molecule has 0 heterocycles. The third-order valence-electron chi connectivity index (χ3n) is 4.25. The van der Waals surface area contributed by atoms with Gasteiger partial charge in [0, 0.05) is 11.1 Å². The van der Waals surface area contributed by atoms with Gasteiger partial charge in [-0.2, -0.15) is 0 Å². The van der Waals surface area contributed by atoms with Crippen molar-refractivity contribution >= 4 is 11.6 Å². The number of carbonyl (C=O) groups excluding carboxylic acids is 2. The fourth-order valence-corrected chi connectivity index (χ4v) is 2.64. The Bertz CT molecular complexity index is 703. The normalized spacial score (nSPS) is 12.1. The summed E-state index contributed by atoms with van der Waals surface area (Å²) in [4.78, 5) is 24.0. The number of hydrogen-bond donors (Lipinski definition) is 2. The van der Waals surface area contributed by atoms with Gasteiger partial charge in [-0.3, -0.25) is 9.59 Å². The maximum absolute atomic E-state index is 12.0. The Labute approximate surface area is 154 Å². The molecule has 0 saturated carbocycles. The Kier molecular flexibility index (Phi) is 5.79. The van der Waals surface area contributed by atoms with Crippen molar-refractivity contribution < 1.29 is 19.8 Å². The van der Waals surface area contributed by atoms with Gasteiger partial charge in [-0.15, -0.1) is 0 Å². The van der Waals surface area contributed by atoms with Gasteiger partial charge in [0.15, 0.2) is 11.6 Å². The van der Waals surface area contributed by atoms with Crippen LogP contribution in [-0.4, -0.2) is 33.0 Å². The standard InChI is InChI=1S/C22H26O4/c1-21(2,25)19(23)17-11-7-15(8-12-17)5-6-16-9-13-18(14-10-16)20(24)22(3,4)26/h7-14,25-26H,5-6H2,1-4H3. The molecular weight excluding hydrogens is 328 g/mol. The van der Waals surface area contributed by atoms with Crippen LogP contribution in [0.25, 0.3) is 0 Å². The van der Waals surface area contributed by atoms with E-state index in [-0.39, 0.29) is 11.6 Å². The summed E-state index contributed by atoms with van der Waals surface area (Å²) in [5.74, 6) is -0.591. The second-order valence-corrected chi connectivity index (χ2v) is 7.67. The zero-order chi connectivity index (χ0) is 19.5. The minimum atomic E-state index is -1.37. The molecule has 0 amide bonds. The van der Waals surface area contributed by atoms with Crippen molar-refractivity contribution in [3.05, 3.63) is 70.8 Å². The molecule has 26 heavy (non-hydrogen) atoms. The molecule has 4 nitrogen and oxygen atoms in total. The summed E-state index contributed by atoms with van der Waals surface area (Å²) < 4.78 is 0. The lowest BCUT2D eigenvalue weighted by Gasteiger charge is -2.16. The summed E-state index contributed by atoms with van der Waals surface area (Å²) in [5, 5.41) is 19.6. The molecule has 4 heteroatoms. The van der Waals surface area contributed by atoms with Crippen molar-refractivity contribution in [1.29, 1.82) is 0 Å². The summed E-state index contributed by atoms with van der Waals surface area (Å²) in [6.07, 6.45) is 1.60. The van der Waals surface area contributed by atoms with Crippen molar-refractivity contribution in [2.75, 3.05) is 0 Å². The molecule has 0 bridgehead atoms. The van der Waals surface area contributed by atoms with Crippen LogP contribution in [0.3, 0.4) is 0 Å². The topological polar surface area (TPSA) is 74.6 Å². The molecule has 0 fully saturated rings. The number of aliphatic hydroxyl groups is 2. The molecule has 0 aromatic heterocycles. The molecule has 0 saturated heterocycles. The Morgan fingerprint density at radius 3 is 1.15 bits per heavy atom. The van der Waals surface area contributed by atoms with E-state index in [1.165, 1.54) is 27.7 Å². The van der Waals surface area contributed by atoms with E-state index in [1.807, 2.05) is 24.3 Å². The summed E-state index contributed by atoms with van der Waals surface area (Å²) in [7, 11) is 0. The van der Waals surface area contributed by atoms with Crippen LogP contribution in [0.5, 0.6) is 0 Å². The molecule has 0 aliphatic carbocycles. The van der Waals surface area contributed by atoms with Crippen molar-refractivity contribution in [2.45, 2.75) is 51.7 Å². The summed E-state index contributed by atoms with van der Waals surface area (Å²) in [6.45, 7) is 5.93. The van der Waals surface area contributed by atoms with E-state index in [2.05, 4.69) is 0 Å². The summed E-state index contributed by atoms with van der Waals surface area (Å²) in [5.41, 5.74) is 0.433. The zero-order valence-electron chi connectivity index (χ0n) is 15.7. The maximum Gasteiger partial charge on any atom is 0.193 e. The second-order valence-electron chi connectivity index (χ2n) is 7.67. The first-order valence-electron chi connectivity index (χ1n) is 8.71. The number of aryl methyl sites for hydroxylation is 2. The van der Waals surface area contributed by atoms with Gasteiger partial charge in [0.05, 0.1) is 0 Å². The van der Waals surface area contributed by atoms with Crippen LogP contribution in [0.1, 0.15) is 59.5 Å². The smallest absolute Gasteiger partial charge is 0.193 e. The fourth-order valence-electron chi connectivity index (χ4n) is 2.64. The Hall–Kier alpha value is -2.30. The minimum Gasteiger partial charge on any atom is -0.382 e. The van der Waals surface area contributed by atoms with Crippen LogP contribution >= 0.6 is 0 Å². The van der Waals surface area contributed by atoms with Gasteiger partial charge in [-0.1, -0.05) is 48.5 Å². The predicted molar refractivity (Wildman–Crippen MR) is 102 cm³/mol. The van der Waals surface area contributed by atoms with E-state index < -0.39 is 11.2 Å². The molecule has 0 spiro atoms. The van der Waals surface area contributed by atoms with Gasteiger partial charge < -0.3 is 10.2 Å². The first kappa shape index (κ1) is 20.0. The molecular formula is C22H26O4. The third-order valence-corrected chi connectivity index (χ3v) is 4.25. The van der Waals surface area contributed by atoms with Crippen molar-refractivity contribution in [3.63, 3.8) is 0 Å². The first-order valence-corrected chi connectivity index (χ1v) is 8.71. The van der Waals surface area contributed by atoms with Gasteiger partial charge in [0.1, 0.15) is 11.2 Å². The molecule has 0 aliphatic heterocycles. The Morgan fingerprint density at radius 1 is 0.654 bits per heavy atom. The summed E-state index contributed by atoms with van der Waals surface area (Å²) in [6, 6.07) is 14.5. The van der Waals surface area contributed by atoms with Gasteiger partial charge in [-0.25, -0.2) is 0 Å². The minimum absolute atomic E-state index is 0.295. The van der Waals surface area contributed by atoms with Crippen LogP contribution in [-0.2, 0) is 12.8 Å². The zero-order valence-corrected chi connectivity index (χ0v) is 15.7. The number of hydrogen-bond acceptors (Lipinski definition) is 4. The maximum atomic E-state index is 12.0. The highest BCUT2D eigenvalue weighted by atomic mass is 16.3. The van der Waals surface area contributed by atoms with Crippen LogP contribution in [0.15, 0.2) is 48.5 Å². The van der Waals surface area contributed by atoms with Crippen LogP contribution in [0.2, 0.25) is 0 Å². The lowest BCUT2D eigenvalue weighted by molar-refractivity contribution is 0.0487. The van der Waals surface area contributed by atoms with Gasteiger partial charge in [0.25, 0.3) is 0 Å². The third kappa shape index (κ3) is 5.10. The number of rotatable bonds is 7. The van der Waals surface area contributed by atoms with E-state index in [4.69, 9.17) is 0 Å². The highest BCUT2D eigenvalue weighted by Gasteiger charge is 2.25. The summed E-state index contributed by atoms with van der Waals surface area (Å²) >= 11 is 0. The predicted octanol–water partition coefficient (Wildman–Crippen LogP) is 3.38. The molecule has 2 rings (SSSR count). The molecule has 2 N–H and O–H groups in total. The first-order chi connectivity index (χ1) is 12.0. The Balaban J connectivity index is 1.99. The number of Topliss-reactive ketones (excluding diaryl/α,β-unsaturated/α-hetero) is 2. The second kappa shape index (κ2) is 7.52. The molecule has 0 unspecified atom stereocenters. The van der Waals surface area contributed by atoms with Gasteiger partial charge in [-0.05, 0) is 51.7 Å². The molecule has 0 aliphatic rings. The quantitative estimate of drug-likeness (QED) is 0.748. The van der Waals surface area contributed by atoms with Crippen LogP contribution in [0, 0.1) is 0 Å². The average Bonchev–Trinajstić information content (AvgIpc) is 2.58. The fraction of sp³-hybridized carbons (Fsp3) is 0.364. The number of carbonyl (C=O) groups is 2. The SMILES string of the molecule is CC(C)(O)C(=O)c1ccc(CCc2ccc(C(=O)C(C)(C)O)cc2)cc1. The highest BCUT2D eigenvalue weighted by molar-refractivity contribution is 6.02. The van der Waals surface area contributed by atoms with Crippen LogP contribution in [0.4, 0.5) is 0 Å². The molecule has 0 atom stereocenters. The van der Waals surface area contributed by atoms with E-state index >= 15 is 0 Å². The highest BCUT2D eigenvalue weighted by Crippen LogP contribution is 2.17. The molecule has 2 aromatic rings.